The second kappa shape index (κ2) is 9.71. The van der Waals surface area contributed by atoms with E-state index in [1.807, 2.05) is 0 Å². The Morgan fingerprint density at radius 3 is 2.30 bits per heavy atom. The van der Waals surface area contributed by atoms with Gasteiger partial charge in [0.1, 0.15) is 5.58 Å². The Kier molecular flexibility index (Phi) is 5.75. The fourth-order valence-corrected chi connectivity index (χ4v) is 8.82. The van der Waals surface area contributed by atoms with E-state index in [1.165, 1.54) is 60.3 Å². The van der Waals surface area contributed by atoms with Crippen LogP contribution in [0.2, 0.25) is 0 Å². The van der Waals surface area contributed by atoms with E-state index in [0.717, 1.165) is 27.8 Å². The molecule has 224 valence electrons. The van der Waals surface area contributed by atoms with E-state index >= 15 is 0 Å². The maximum Gasteiger partial charge on any atom is 0.160 e. The SMILES string of the molecule is C/C=C\C1=C(C)C(C)(C)[C@@H]2C1=CC=C(c1cc3c4ccccc4oc3c3c1c1ccccc1n3-c1ccc3ccccc3c1)C2C. The van der Waals surface area contributed by atoms with Crippen molar-refractivity contribution in [3.63, 3.8) is 0 Å². The highest BCUT2D eigenvalue weighted by Gasteiger charge is 2.46. The summed E-state index contributed by atoms with van der Waals surface area (Å²) in [5, 5.41) is 7.31. The van der Waals surface area contributed by atoms with Crippen molar-refractivity contribution in [1.29, 1.82) is 0 Å². The molecule has 2 aliphatic rings. The summed E-state index contributed by atoms with van der Waals surface area (Å²) in [6.07, 6.45) is 9.33. The number of hydrogen-bond donors (Lipinski definition) is 0. The number of furan rings is 1. The van der Waals surface area contributed by atoms with E-state index in [0.29, 0.717) is 11.8 Å². The van der Waals surface area contributed by atoms with E-state index in [1.54, 1.807) is 0 Å². The molecule has 5 aromatic carbocycles. The van der Waals surface area contributed by atoms with Crippen LogP contribution >= 0.6 is 0 Å². The molecule has 0 spiro atoms. The van der Waals surface area contributed by atoms with Crippen molar-refractivity contribution in [2.24, 2.45) is 17.3 Å². The summed E-state index contributed by atoms with van der Waals surface area (Å²) in [6, 6.07) is 35.2. The zero-order chi connectivity index (χ0) is 31.3. The van der Waals surface area contributed by atoms with Crippen LogP contribution in [-0.4, -0.2) is 4.57 Å². The molecule has 1 unspecified atom stereocenters. The standard InChI is InChI=1S/C44H37NO/c1-6-13-32-27(3)44(4,5)41-26(2)31(22-23-34(32)41)36-25-37-33-16-10-12-19-39(33)46-43(37)42-40(36)35-17-9-11-18-38(35)45(42)30-21-20-28-14-7-8-15-29(28)24-30/h6-26,41H,1-5H3/b13-6-/t26?,41-/m0/s1. The lowest BCUT2D eigenvalue weighted by Crippen LogP contribution is -2.29. The van der Waals surface area contributed by atoms with Crippen molar-refractivity contribution in [2.45, 2.75) is 34.6 Å². The molecule has 0 bridgehead atoms. The highest BCUT2D eigenvalue weighted by Crippen LogP contribution is 2.58. The lowest BCUT2D eigenvalue weighted by Gasteiger charge is -2.38. The normalized spacial score (nSPS) is 19.7. The van der Waals surface area contributed by atoms with Crippen LogP contribution in [0.3, 0.4) is 0 Å². The first-order valence-electron chi connectivity index (χ1n) is 16.5. The first-order chi connectivity index (χ1) is 22.4. The summed E-state index contributed by atoms with van der Waals surface area (Å²) >= 11 is 0. The molecule has 9 rings (SSSR count). The summed E-state index contributed by atoms with van der Waals surface area (Å²) in [4.78, 5) is 0. The predicted octanol–water partition coefficient (Wildman–Crippen LogP) is 12.3. The first kappa shape index (κ1) is 27.2. The van der Waals surface area contributed by atoms with E-state index in [4.69, 9.17) is 4.42 Å². The van der Waals surface area contributed by atoms with Crippen LogP contribution in [0.1, 0.15) is 40.2 Å². The third-order valence-corrected chi connectivity index (χ3v) is 11.1. The van der Waals surface area contributed by atoms with Crippen LogP contribution in [0, 0.1) is 17.3 Å². The molecule has 2 heterocycles. The highest BCUT2D eigenvalue weighted by atomic mass is 16.3. The van der Waals surface area contributed by atoms with E-state index in [9.17, 15) is 0 Å². The van der Waals surface area contributed by atoms with Gasteiger partial charge < -0.3 is 8.98 Å². The van der Waals surface area contributed by atoms with E-state index in [-0.39, 0.29) is 5.41 Å². The highest BCUT2D eigenvalue weighted by molar-refractivity contribution is 6.25. The Balaban J connectivity index is 1.42. The van der Waals surface area contributed by atoms with Crippen molar-refractivity contribution < 1.29 is 4.42 Å². The van der Waals surface area contributed by atoms with Gasteiger partial charge in [-0.3, -0.25) is 0 Å². The zero-order valence-electron chi connectivity index (χ0n) is 27.1. The second-order valence-corrected chi connectivity index (χ2v) is 13.8. The molecular weight excluding hydrogens is 558 g/mol. The monoisotopic (exact) mass is 595 g/mol. The molecule has 2 aromatic heterocycles. The van der Waals surface area contributed by atoms with Crippen molar-refractivity contribution in [1.82, 2.24) is 4.57 Å². The summed E-state index contributed by atoms with van der Waals surface area (Å²) in [7, 11) is 0. The van der Waals surface area contributed by atoms with Gasteiger partial charge in [0.05, 0.1) is 11.0 Å². The van der Waals surface area contributed by atoms with Gasteiger partial charge in [-0.25, -0.2) is 0 Å². The Morgan fingerprint density at radius 1 is 0.761 bits per heavy atom. The molecule has 2 heteroatoms. The van der Waals surface area contributed by atoms with E-state index < -0.39 is 0 Å². The average molecular weight is 596 g/mol. The van der Waals surface area contributed by atoms with Crippen LogP contribution in [0.4, 0.5) is 0 Å². The largest absolute Gasteiger partial charge is 0.454 e. The third kappa shape index (κ3) is 3.59. The summed E-state index contributed by atoms with van der Waals surface area (Å²) in [5.41, 5.74) is 12.5. The maximum absolute atomic E-state index is 6.81. The van der Waals surface area contributed by atoms with Crippen LogP contribution in [0.25, 0.3) is 65.8 Å². The molecule has 0 radical (unpaired) electrons. The quantitative estimate of drug-likeness (QED) is 0.199. The van der Waals surface area contributed by atoms with Gasteiger partial charge in [-0.15, -0.1) is 0 Å². The number of para-hydroxylation sites is 2. The number of aromatic nitrogens is 1. The number of nitrogens with zero attached hydrogens (tertiary/aromatic N) is 1. The fraction of sp³-hybridized carbons (Fsp3) is 0.182. The fourth-order valence-electron chi connectivity index (χ4n) is 8.82. The Morgan fingerprint density at radius 2 is 1.48 bits per heavy atom. The first-order valence-corrected chi connectivity index (χ1v) is 16.5. The molecule has 7 aromatic rings. The Hall–Kier alpha value is -5.08. The van der Waals surface area contributed by atoms with Crippen molar-refractivity contribution >= 4 is 60.1 Å². The second-order valence-electron chi connectivity index (χ2n) is 13.8. The van der Waals surface area contributed by atoms with Gasteiger partial charge in [0.25, 0.3) is 0 Å². The Labute approximate surface area is 269 Å². The van der Waals surface area contributed by atoms with Gasteiger partial charge in [-0.1, -0.05) is 117 Å². The molecule has 0 fully saturated rings. The van der Waals surface area contributed by atoms with Gasteiger partial charge in [-0.2, -0.15) is 0 Å². The molecule has 0 N–H and O–H groups in total. The number of allylic oxidation sites excluding steroid dienone is 8. The molecule has 0 saturated heterocycles. The number of benzene rings is 5. The Bertz CT molecular complexity index is 2540. The van der Waals surface area contributed by atoms with Crippen LogP contribution in [0.5, 0.6) is 0 Å². The van der Waals surface area contributed by atoms with Crippen LogP contribution < -0.4 is 0 Å². The molecule has 2 nitrogen and oxygen atoms in total. The minimum absolute atomic E-state index is 0.0598. The summed E-state index contributed by atoms with van der Waals surface area (Å²) in [6.45, 7) is 11.8. The van der Waals surface area contributed by atoms with Gasteiger partial charge in [-0.05, 0) is 94.5 Å². The lowest BCUT2D eigenvalue weighted by atomic mass is 9.65. The lowest BCUT2D eigenvalue weighted by molar-refractivity contribution is 0.280. The number of fused-ring (bicyclic) bond motifs is 9. The molecule has 0 aliphatic heterocycles. The van der Waals surface area contributed by atoms with Crippen molar-refractivity contribution in [2.75, 3.05) is 0 Å². The molecule has 46 heavy (non-hydrogen) atoms. The maximum atomic E-state index is 6.81. The van der Waals surface area contributed by atoms with Crippen LogP contribution in [-0.2, 0) is 0 Å². The van der Waals surface area contributed by atoms with Gasteiger partial charge >= 0.3 is 0 Å². The molecule has 0 amide bonds. The van der Waals surface area contributed by atoms with Crippen molar-refractivity contribution in [3.05, 3.63) is 144 Å². The number of rotatable bonds is 3. The average Bonchev–Trinajstić information content (AvgIpc) is 3.68. The third-order valence-electron chi connectivity index (χ3n) is 11.1. The molecule has 2 atom stereocenters. The summed E-state index contributed by atoms with van der Waals surface area (Å²) < 4.78 is 9.25. The molecule has 2 aliphatic carbocycles. The van der Waals surface area contributed by atoms with Gasteiger partial charge in [0.2, 0.25) is 0 Å². The minimum atomic E-state index is 0.0598. The molecule has 0 saturated carbocycles. The summed E-state index contributed by atoms with van der Waals surface area (Å²) in [5.74, 6) is 0.730. The van der Waals surface area contributed by atoms with Gasteiger partial charge in [0, 0.05) is 27.2 Å². The molecular formula is C44H37NO. The van der Waals surface area contributed by atoms with Crippen molar-refractivity contribution in [3.8, 4) is 5.69 Å². The van der Waals surface area contributed by atoms with E-state index in [2.05, 4.69) is 161 Å². The zero-order valence-corrected chi connectivity index (χ0v) is 27.1. The van der Waals surface area contributed by atoms with Gasteiger partial charge in [0.15, 0.2) is 5.58 Å². The predicted molar refractivity (Wildman–Crippen MR) is 196 cm³/mol. The minimum Gasteiger partial charge on any atom is -0.454 e. The van der Waals surface area contributed by atoms with Crippen LogP contribution in [0.15, 0.2) is 143 Å². The topological polar surface area (TPSA) is 18.1 Å². The number of hydrogen-bond acceptors (Lipinski definition) is 1. The smallest absolute Gasteiger partial charge is 0.160 e.